The number of nitrogens with one attached hydrogen (secondary N) is 2. The number of aryl methyl sites for hydroxylation is 1. The van der Waals surface area contributed by atoms with Crippen LogP contribution in [0.15, 0.2) is 82.6 Å². The van der Waals surface area contributed by atoms with Crippen LogP contribution in [0, 0.1) is 6.92 Å². The molecule has 2 N–H and O–H groups in total. The maximum absolute atomic E-state index is 12.5. The molecule has 0 unspecified atom stereocenters. The third-order valence-corrected chi connectivity index (χ3v) is 6.81. The van der Waals surface area contributed by atoms with Gasteiger partial charge >= 0.3 is 0 Å². The van der Waals surface area contributed by atoms with Gasteiger partial charge < -0.3 is 5.32 Å². The molecule has 0 heterocycles. The summed E-state index contributed by atoms with van der Waals surface area (Å²) < 4.78 is 50.8. The van der Waals surface area contributed by atoms with Gasteiger partial charge in [0.15, 0.2) is 9.84 Å². The van der Waals surface area contributed by atoms with Crippen LogP contribution in [0.25, 0.3) is 0 Å². The van der Waals surface area contributed by atoms with Gasteiger partial charge in [-0.2, -0.15) is 0 Å². The first-order valence-electron chi connectivity index (χ1n) is 8.86. The zero-order valence-corrected chi connectivity index (χ0v) is 17.9. The number of amides is 1. The summed E-state index contributed by atoms with van der Waals surface area (Å²) in [5, 5.41) is 2.72. The van der Waals surface area contributed by atoms with Gasteiger partial charge in [-0.05, 0) is 61.0 Å². The lowest BCUT2D eigenvalue weighted by Gasteiger charge is -2.12. The molecule has 0 aliphatic heterocycles. The second kappa shape index (κ2) is 8.29. The van der Waals surface area contributed by atoms with Crippen molar-refractivity contribution in [3.05, 3.63) is 83.9 Å². The summed E-state index contributed by atoms with van der Waals surface area (Å²) in [6.45, 7) is 1.73. The number of sulfone groups is 1. The lowest BCUT2D eigenvalue weighted by Crippen LogP contribution is -2.15. The van der Waals surface area contributed by atoms with Crippen molar-refractivity contribution in [1.29, 1.82) is 0 Å². The summed E-state index contributed by atoms with van der Waals surface area (Å²) >= 11 is 0. The van der Waals surface area contributed by atoms with Gasteiger partial charge in [0.25, 0.3) is 15.9 Å². The van der Waals surface area contributed by atoms with Crippen molar-refractivity contribution in [1.82, 2.24) is 0 Å². The Morgan fingerprint density at radius 3 is 2.10 bits per heavy atom. The summed E-state index contributed by atoms with van der Waals surface area (Å²) in [4.78, 5) is 12.7. The predicted octanol–water partition coefficient (Wildman–Crippen LogP) is 3.45. The Labute approximate surface area is 175 Å². The minimum Gasteiger partial charge on any atom is -0.322 e. The van der Waals surface area contributed by atoms with E-state index in [1.165, 1.54) is 42.5 Å². The molecule has 7 nitrogen and oxygen atoms in total. The number of hydrogen-bond acceptors (Lipinski definition) is 5. The first-order chi connectivity index (χ1) is 14.1. The Morgan fingerprint density at radius 1 is 0.800 bits per heavy atom. The first-order valence-corrected chi connectivity index (χ1v) is 12.2. The second-order valence-corrected chi connectivity index (χ2v) is 10.4. The van der Waals surface area contributed by atoms with Gasteiger partial charge in [-0.25, -0.2) is 16.8 Å². The van der Waals surface area contributed by atoms with Crippen molar-refractivity contribution in [3.63, 3.8) is 0 Å². The van der Waals surface area contributed by atoms with E-state index in [1.54, 1.807) is 37.3 Å². The van der Waals surface area contributed by atoms with Crippen LogP contribution in [-0.4, -0.2) is 29.0 Å². The Morgan fingerprint density at radius 2 is 1.47 bits per heavy atom. The van der Waals surface area contributed by atoms with Gasteiger partial charge in [0.1, 0.15) is 0 Å². The zero-order valence-electron chi connectivity index (χ0n) is 16.3. The van der Waals surface area contributed by atoms with Crippen molar-refractivity contribution in [2.24, 2.45) is 0 Å². The standard InChI is InChI=1S/C21H20N2O5S2/c1-15-13-17(23-30(27,28)18-8-4-3-5-9-18)11-12-20(15)22-21(24)16-7-6-10-19(14-16)29(2,25)26/h3-14,23H,1-2H3,(H,22,24). The smallest absolute Gasteiger partial charge is 0.261 e. The SMILES string of the molecule is Cc1cc(NS(=O)(=O)c2ccccc2)ccc1NC(=O)c1cccc(S(C)(=O)=O)c1. The Balaban J connectivity index is 1.79. The molecule has 0 fully saturated rings. The van der Waals surface area contributed by atoms with Crippen molar-refractivity contribution in [2.75, 3.05) is 16.3 Å². The maximum atomic E-state index is 12.5. The van der Waals surface area contributed by atoms with E-state index in [0.29, 0.717) is 16.9 Å². The van der Waals surface area contributed by atoms with Crippen LogP contribution < -0.4 is 10.0 Å². The molecule has 3 rings (SSSR count). The van der Waals surface area contributed by atoms with Crippen LogP contribution in [0.5, 0.6) is 0 Å². The third-order valence-electron chi connectivity index (χ3n) is 4.30. The molecular formula is C21H20N2O5S2. The molecular weight excluding hydrogens is 424 g/mol. The number of anilines is 2. The van der Waals surface area contributed by atoms with Crippen LogP contribution in [-0.2, 0) is 19.9 Å². The molecule has 0 saturated heterocycles. The van der Waals surface area contributed by atoms with Crippen molar-refractivity contribution in [3.8, 4) is 0 Å². The molecule has 30 heavy (non-hydrogen) atoms. The van der Waals surface area contributed by atoms with E-state index in [9.17, 15) is 21.6 Å². The Kier molecular flexibility index (Phi) is 5.95. The van der Waals surface area contributed by atoms with Crippen molar-refractivity contribution < 1.29 is 21.6 Å². The molecule has 0 aromatic heterocycles. The molecule has 3 aromatic rings. The summed E-state index contributed by atoms with van der Waals surface area (Å²) in [7, 11) is -7.15. The molecule has 0 atom stereocenters. The highest BCUT2D eigenvalue weighted by molar-refractivity contribution is 7.92. The number of benzene rings is 3. The maximum Gasteiger partial charge on any atom is 0.261 e. The minimum absolute atomic E-state index is 0.0533. The molecule has 0 aliphatic rings. The highest BCUT2D eigenvalue weighted by Crippen LogP contribution is 2.23. The average Bonchev–Trinajstić information content (AvgIpc) is 2.70. The molecule has 0 radical (unpaired) electrons. The zero-order chi connectivity index (χ0) is 21.9. The summed E-state index contributed by atoms with van der Waals surface area (Å²) in [5.41, 5.74) is 1.67. The number of carbonyl (C=O) groups excluding carboxylic acids is 1. The molecule has 0 saturated carbocycles. The summed E-state index contributed by atoms with van der Waals surface area (Å²) in [6, 6.07) is 18.5. The van der Waals surface area contributed by atoms with Gasteiger partial charge in [0.2, 0.25) is 0 Å². The first kappa shape index (κ1) is 21.5. The lowest BCUT2D eigenvalue weighted by atomic mass is 10.1. The van der Waals surface area contributed by atoms with Crippen LogP contribution >= 0.6 is 0 Å². The van der Waals surface area contributed by atoms with E-state index in [2.05, 4.69) is 10.0 Å². The van der Waals surface area contributed by atoms with Gasteiger partial charge in [-0.15, -0.1) is 0 Å². The number of carbonyl (C=O) groups is 1. The molecule has 1 amide bonds. The fraction of sp³-hybridized carbons (Fsp3) is 0.0952. The summed E-state index contributed by atoms with van der Waals surface area (Å²) in [5.74, 6) is -0.471. The average molecular weight is 445 g/mol. The molecule has 3 aromatic carbocycles. The normalized spacial score (nSPS) is 11.7. The lowest BCUT2D eigenvalue weighted by molar-refractivity contribution is 0.102. The van der Waals surface area contributed by atoms with E-state index in [0.717, 1.165) is 6.26 Å². The van der Waals surface area contributed by atoms with Gasteiger partial charge in [0.05, 0.1) is 9.79 Å². The highest BCUT2D eigenvalue weighted by Gasteiger charge is 2.15. The molecule has 0 spiro atoms. The molecule has 0 aliphatic carbocycles. The third kappa shape index (κ3) is 5.05. The van der Waals surface area contributed by atoms with Gasteiger partial charge in [-0.3, -0.25) is 9.52 Å². The monoisotopic (exact) mass is 444 g/mol. The molecule has 0 bridgehead atoms. The van der Waals surface area contributed by atoms with E-state index in [-0.39, 0.29) is 15.4 Å². The second-order valence-electron chi connectivity index (χ2n) is 6.70. The molecule has 156 valence electrons. The number of sulfonamides is 1. The van der Waals surface area contributed by atoms with E-state index < -0.39 is 25.8 Å². The summed E-state index contributed by atoms with van der Waals surface area (Å²) in [6.07, 6.45) is 1.07. The number of rotatable bonds is 6. The van der Waals surface area contributed by atoms with Crippen molar-refractivity contribution >= 4 is 37.1 Å². The quantitative estimate of drug-likeness (QED) is 0.605. The molecule has 9 heteroatoms. The fourth-order valence-corrected chi connectivity index (χ4v) is 4.48. The largest absolute Gasteiger partial charge is 0.322 e. The van der Waals surface area contributed by atoms with Crippen LogP contribution in [0.1, 0.15) is 15.9 Å². The minimum atomic E-state index is -3.72. The van der Waals surface area contributed by atoms with E-state index in [1.807, 2.05) is 0 Å². The Bertz CT molecular complexity index is 1300. The van der Waals surface area contributed by atoms with Crippen LogP contribution in [0.3, 0.4) is 0 Å². The van der Waals surface area contributed by atoms with Crippen LogP contribution in [0.2, 0.25) is 0 Å². The van der Waals surface area contributed by atoms with Gasteiger partial charge in [-0.1, -0.05) is 24.3 Å². The predicted molar refractivity (Wildman–Crippen MR) is 116 cm³/mol. The fourth-order valence-electron chi connectivity index (χ4n) is 2.74. The van der Waals surface area contributed by atoms with E-state index >= 15 is 0 Å². The van der Waals surface area contributed by atoms with Crippen LogP contribution in [0.4, 0.5) is 11.4 Å². The topological polar surface area (TPSA) is 109 Å². The van der Waals surface area contributed by atoms with Gasteiger partial charge in [0, 0.05) is 23.2 Å². The highest BCUT2D eigenvalue weighted by atomic mass is 32.2. The Hall–Kier alpha value is -3.17. The van der Waals surface area contributed by atoms with Crippen molar-refractivity contribution in [2.45, 2.75) is 16.7 Å². The van der Waals surface area contributed by atoms with E-state index in [4.69, 9.17) is 0 Å². The number of hydrogen-bond donors (Lipinski definition) is 2.